The Morgan fingerprint density at radius 1 is 1.05 bits per heavy atom. The van der Waals surface area contributed by atoms with Gasteiger partial charge in [-0.2, -0.15) is 9.78 Å². The number of carbonyl (C=O) groups excluding carboxylic acids is 2. The van der Waals surface area contributed by atoms with Crippen molar-refractivity contribution in [3.05, 3.63) is 92.8 Å². The zero-order chi connectivity index (χ0) is 28.7. The summed E-state index contributed by atoms with van der Waals surface area (Å²) in [5.74, 6) is 0.475. The molecule has 1 saturated heterocycles. The number of hydrogen-bond donors (Lipinski definition) is 1. The molecule has 1 aliphatic heterocycles. The molecule has 1 aliphatic carbocycles. The van der Waals surface area contributed by atoms with E-state index in [1.165, 1.54) is 38.3 Å². The van der Waals surface area contributed by atoms with Crippen LogP contribution in [0, 0.1) is 5.41 Å². The first-order valence-corrected chi connectivity index (χ1v) is 15.1. The number of anilines is 1. The van der Waals surface area contributed by atoms with Crippen molar-refractivity contribution in [3.63, 3.8) is 0 Å². The first-order valence-electron chi connectivity index (χ1n) is 13.9. The molecule has 2 aromatic heterocycles. The summed E-state index contributed by atoms with van der Waals surface area (Å²) in [4.78, 5) is 29.6. The van der Waals surface area contributed by atoms with E-state index in [1.807, 2.05) is 63.2 Å². The van der Waals surface area contributed by atoms with Crippen molar-refractivity contribution in [2.45, 2.75) is 52.1 Å². The van der Waals surface area contributed by atoms with Crippen molar-refractivity contribution < 1.29 is 14.3 Å². The summed E-state index contributed by atoms with van der Waals surface area (Å²) < 4.78 is 8.14. The van der Waals surface area contributed by atoms with Gasteiger partial charge in [-0.3, -0.25) is 9.69 Å². The second-order valence-corrected chi connectivity index (χ2v) is 13.4. The van der Waals surface area contributed by atoms with Gasteiger partial charge in [-0.15, -0.1) is 11.3 Å². The summed E-state index contributed by atoms with van der Waals surface area (Å²) in [5.41, 5.74) is 4.81. The highest BCUT2D eigenvalue weighted by molar-refractivity contribution is 7.16. The van der Waals surface area contributed by atoms with E-state index in [0.717, 1.165) is 17.7 Å². The first kappa shape index (κ1) is 27.5. The Balaban J connectivity index is 1.21. The van der Waals surface area contributed by atoms with Crippen LogP contribution >= 0.6 is 22.9 Å². The molecule has 4 aromatic rings. The number of ether oxygens (including phenoxy) is 1. The fourth-order valence-electron chi connectivity index (χ4n) is 5.75. The Morgan fingerprint density at radius 2 is 1.73 bits per heavy atom. The van der Waals surface area contributed by atoms with Crippen molar-refractivity contribution in [1.82, 2.24) is 14.7 Å². The van der Waals surface area contributed by atoms with Crippen molar-refractivity contribution in [3.8, 4) is 11.1 Å². The van der Waals surface area contributed by atoms with Gasteiger partial charge in [-0.1, -0.05) is 80.9 Å². The smallest absolute Gasteiger partial charge is 0.410 e. The van der Waals surface area contributed by atoms with E-state index in [1.54, 1.807) is 4.90 Å². The van der Waals surface area contributed by atoms with Crippen molar-refractivity contribution >= 4 is 40.8 Å². The number of thiophene rings is 1. The number of rotatable bonds is 6. The lowest BCUT2D eigenvalue weighted by atomic mass is 9.96. The maximum absolute atomic E-state index is 13.5. The summed E-state index contributed by atoms with van der Waals surface area (Å²) in [6.07, 6.45) is 1.24. The normalized spacial score (nSPS) is 16.5. The predicted molar refractivity (Wildman–Crippen MR) is 163 cm³/mol. The first-order chi connectivity index (χ1) is 19.7. The Kier molecular flexibility index (Phi) is 7.38. The van der Waals surface area contributed by atoms with Gasteiger partial charge >= 0.3 is 6.09 Å². The number of benzene rings is 2. The zero-order valence-electron chi connectivity index (χ0n) is 23.4. The third-order valence-corrected chi connectivity index (χ3v) is 9.03. The SMILES string of the molecule is CC(C)(C)C(=O)n1nc(C2CCCN2C(=O)OCC2c3ccccc3-c3ccccc32)cc1NCc1ccc(Cl)s1. The maximum Gasteiger partial charge on any atom is 0.410 e. The van der Waals surface area contributed by atoms with Gasteiger partial charge in [0.1, 0.15) is 12.4 Å². The molecule has 41 heavy (non-hydrogen) atoms. The Hall–Kier alpha value is -3.62. The molecule has 7 nitrogen and oxygen atoms in total. The molecule has 212 valence electrons. The van der Waals surface area contributed by atoms with Crippen molar-refractivity contribution in [2.24, 2.45) is 5.41 Å². The van der Waals surface area contributed by atoms with Crippen molar-refractivity contribution in [2.75, 3.05) is 18.5 Å². The number of nitrogens with one attached hydrogen (secondary N) is 1. The molecular weight excluding hydrogens is 556 g/mol. The summed E-state index contributed by atoms with van der Waals surface area (Å²) in [5, 5.41) is 8.10. The van der Waals surface area contributed by atoms with E-state index < -0.39 is 5.41 Å². The topological polar surface area (TPSA) is 76.5 Å². The molecule has 1 amide bonds. The Labute approximate surface area is 249 Å². The second kappa shape index (κ2) is 11.0. The van der Waals surface area contributed by atoms with E-state index >= 15 is 0 Å². The minimum atomic E-state index is -0.631. The Morgan fingerprint density at radius 3 is 2.37 bits per heavy atom. The van der Waals surface area contributed by atoms with Gasteiger partial charge in [0.25, 0.3) is 5.91 Å². The lowest BCUT2D eigenvalue weighted by Gasteiger charge is -2.24. The largest absolute Gasteiger partial charge is 0.448 e. The average molecular weight is 589 g/mol. The van der Waals surface area contributed by atoms with Crippen LogP contribution in [-0.2, 0) is 11.3 Å². The summed E-state index contributed by atoms with van der Waals surface area (Å²) in [6, 6.07) is 22.1. The van der Waals surface area contributed by atoms with Crippen LogP contribution < -0.4 is 5.32 Å². The van der Waals surface area contributed by atoms with Gasteiger partial charge in [0, 0.05) is 28.8 Å². The molecule has 2 aliphatic rings. The molecule has 3 heterocycles. The summed E-state index contributed by atoms with van der Waals surface area (Å²) >= 11 is 7.60. The van der Waals surface area contributed by atoms with Crippen LogP contribution in [0.25, 0.3) is 11.1 Å². The van der Waals surface area contributed by atoms with Crippen LogP contribution in [0.4, 0.5) is 10.6 Å². The average Bonchev–Trinajstić information content (AvgIpc) is 3.75. The standard InChI is InChI=1S/C32H33ClN4O3S/c1-32(2,3)30(38)37-29(34-18-20-14-15-28(33)41-20)17-26(35-37)27-13-8-16-36(27)31(39)40-19-25-23-11-6-4-9-21(23)22-10-5-7-12-24(22)25/h4-7,9-12,14-15,17,25,27,34H,8,13,16,18-19H2,1-3H3. The molecule has 0 saturated carbocycles. The minimum absolute atomic E-state index is 0.00224. The quantitative estimate of drug-likeness (QED) is 0.247. The van der Waals surface area contributed by atoms with Crippen LogP contribution in [-0.4, -0.2) is 39.8 Å². The van der Waals surface area contributed by atoms with Crippen molar-refractivity contribution in [1.29, 1.82) is 0 Å². The van der Waals surface area contributed by atoms with Crippen LogP contribution in [0.1, 0.15) is 72.1 Å². The fourth-order valence-corrected chi connectivity index (χ4v) is 6.78. The highest BCUT2D eigenvalue weighted by Crippen LogP contribution is 2.45. The second-order valence-electron chi connectivity index (χ2n) is 11.6. The van der Waals surface area contributed by atoms with E-state index in [9.17, 15) is 9.59 Å². The molecule has 0 radical (unpaired) electrons. The molecule has 6 rings (SSSR count). The number of likely N-dealkylation sites (tertiary alicyclic amines) is 1. The van der Waals surface area contributed by atoms with Gasteiger partial charge in [-0.05, 0) is 47.2 Å². The van der Waals surface area contributed by atoms with E-state index in [-0.39, 0.29) is 30.6 Å². The summed E-state index contributed by atoms with van der Waals surface area (Å²) in [7, 11) is 0. The number of carbonyl (C=O) groups is 2. The molecule has 1 atom stereocenters. The molecule has 9 heteroatoms. The third kappa shape index (κ3) is 5.38. The number of halogens is 1. The zero-order valence-corrected chi connectivity index (χ0v) is 25.0. The van der Waals surface area contributed by atoms with Crippen LogP contribution in [0.3, 0.4) is 0 Å². The van der Waals surface area contributed by atoms with Crippen LogP contribution in [0.5, 0.6) is 0 Å². The minimum Gasteiger partial charge on any atom is -0.448 e. The number of nitrogens with zero attached hydrogens (tertiary/aromatic N) is 3. The number of amides is 1. The van der Waals surface area contributed by atoms with Crippen LogP contribution in [0.2, 0.25) is 4.34 Å². The monoisotopic (exact) mass is 588 g/mol. The predicted octanol–water partition coefficient (Wildman–Crippen LogP) is 7.98. The molecule has 1 unspecified atom stereocenters. The highest BCUT2D eigenvalue weighted by Gasteiger charge is 2.36. The fraction of sp³-hybridized carbons (Fsp3) is 0.344. The van der Waals surface area contributed by atoms with Gasteiger partial charge < -0.3 is 10.1 Å². The maximum atomic E-state index is 13.5. The lowest BCUT2D eigenvalue weighted by molar-refractivity contribution is 0.0750. The Bertz CT molecular complexity index is 1560. The summed E-state index contributed by atoms with van der Waals surface area (Å²) in [6.45, 7) is 6.98. The molecule has 1 N–H and O–H groups in total. The molecular formula is C32H33ClN4O3S. The third-order valence-electron chi connectivity index (χ3n) is 7.80. The number of hydrogen-bond acceptors (Lipinski definition) is 6. The van der Waals surface area contributed by atoms with Gasteiger partial charge in [-0.25, -0.2) is 4.79 Å². The molecule has 0 bridgehead atoms. The lowest BCUT2D eigenvalue weighted by Crippen LogP contribution is -2.33. The van der Waals surface area contributed by atoms with E-state index in [4.69, 9.17) is 21.4 Å². The number of aromatic nitrogens is 2. The molecule has 1 fully saturated rings. The van der Waals surface area contributed by atoms with Gasteiger partial charge in [0.05, 0.1) is 22.6 Å². The highest BCUT2D eigenvalue weighted by atomic mass is 35.5. The molecule has 2 aromatic carbocycles. The van der Waals surface area contributed by atoms with E-state index in [0.29, 0.717) is 28.9 Å². The van der Waals surface area contributed by atoms with Crippen LogP contribution in [0.15, 0.2) is 66.7 Å². The van der Waals surface area contributed by atoms with Gasteiger partial charge in [0.2, 0.25) is 0 Å². The van der Waals surface area contributed by atoms with Gasteiger partial charge in [0.15, 0.2) is 0 Å². The van der Waals surface area contributed by atoms with E-state index in [2.05, 4.69) is 29.6 Å². The molecule has 0 spiro atoms. The number of fused-ring (bicyclic) bond motifs is 3.